The molecule has 0 saturated heterocycles. The van der Waals surface area contributed by atoms with Crippen LogP contribution in [0.1, 0.15) is 16.8 Å². The standard InChI is InChI=1S/C13H11ClN4/c14-13-5-10(6-15)1-2-11(13)7-17-8-12-3-4-16-9-18-12/h1-5,9,17H,7-8H2. The average molecular weight is 259 g/mol. The van der Waals surface area contributed by atoms with E-state index in [1.807, 2.05) is 12.1 Å². The highest BCUT2D eigenvalue weighted by atomic mass is 35.5. The lowest BCUT2D eigenvalue weighted by Crippen LogP contribution is -2.14. The molecule has 0 fully saturated rings. The molecule has 0 unspecified atom stereocenters. The van der Waals surface area contributed by atoms with E-state index in [-0.39, 0.29) is 0 Å². The third kappa shape index (κ3) is 3.27. The van der Waals surface area contributed by atoms with E-state index in [0.29, 0.717) is 23.7 Å². The van der Waals surface area contributed by atoms with Crippen molar-refractivity contribution >= 4 is 11.6 Å². The first-order valence-electron chi connectivity index (χ1n) is 5.44. The summed E-state index contributed by atoms with van der Waals surface area (Å²) in [6.45, 7) is 1.29. The topological polar surface area (TPSA) is 61.6 Å². The van der Waals surface area contributed by atoms with Gasteiger partial charge in [0.15, 0.2) is 0 Å². The predicted octanol–water partition coefficient (Wildman–Crippen LogP) is 2.29. The Bertz CT molecular complexity index is 563. The van der Waals surface area contributed by atoms with Crippen molar-refractivity contribution in [2.45, 2.75) is 13.1 Å². The lowest BCUT2D eigenvalue weighted by molar-refractivity contribution is 0.678. The Labute approximate surface area is 110 Å². The number of hydrogen-bond donors (Lipinski definition) is 1. The molecule has 2 rings (SSSR count). The Morgan fingerprint density at radius 3 is 2.83 bits per heavy atom. The summed E-state index contributed by atoms with van der Waals surface area (Å²) in [5.74, 6) is 0. The summed E-state index contributed by atoms with van der Waals surface area (Å²) in [6, 6.07) is 9.19. The van der Waals surface area contributed by atoms with E-state index >= 15 is 0 Å². The van der Waals surface area contributed by atoms with Gasteiger partial charge in [0, 0.05) is 24.3 Å². The summed E-state index contributed by atoms with van der Waals surface area (Å²) >= 11 is 6.07. The Balaban J connectivity index is 1.93. The fourth-order valence-electron chi connectivity index (χ4n) is 1.51. The molecule has 0 bridgehead atoms. The Morgan fingerprint density at radius 2 is 2.17 bits per heavy atom. The van der Waals surface area contributed by atoms with Crippen LogP contribution in [0.4, 0.5) is 0 Å². The Kier molecular flexibility index (Phi) is 4.24. The molecule has 0 aliphatic rings. The second-order valence-corrected chi connectivity index (χ2v) is 4.13. The summed E-state index contributed by atoms with van der Waals surface area (Å²) in [4.78, 5) is 7.96. The maximum Gasteiger partial charge on any atom is 0.115 e. The van der Waals surface area contributed by atoms with Crippen LogP contribution in [0.15, 0.2) is 36.8 Å². The highest BCUT2D eigenvalue weighted by Gasteiger charge is 2.01. The van der Waals surface area contributed by atoms with Gasteiger partial charge < -0.3 is 5.32 Å². The lowest BCUT2D eigenvalue weighted by Gasteiger charge is -2.06. The third-order valence-electron chi connectivity index (χ3n) is 2.45. The summed E-state index contributed by atoms with van der Waals surface area (Å²) in [7, 11) is 0. The number of aromatic nitrogens is 2. The van der Waals surface area contributed by atoms with Crippen LogP contribution in [-0.4, -0.2) is 9.97 Å². The van der Waals surface area contributed by atoms with Crippen LogP contribution in [0.5, 0.6) is 0 Å². The zero-order valence-corrected chi connectivity index (χ0v) is 10.4. The minimum Gasteiger partial charge on any atom is -0.307 e. The van der Waals surface area contributed by atoms with E-state index in [9.17, 15) is 0 Å². The first-order chi connectivity index (χ1) is 8.79. The van der Waals surface area contributed by atoms with Crippen molar-refractivity contribution in [3.05, 3.63) is 58.6 Å². The smallest absolute Gasteiger partial charge is 0.115 e. The maximum absolute atomic E-state index is 8.74. The molecule has 0 aliphatic carbocycles. The predicted molar refractivity (Wildman–Crippen MR) is 68.7 cm³/mol. The molecule has 5 heteroatoms. The van der Waals surface area contributed by atoms with Crippen molar-refractivity contribution in [2.75, 3.05) is 0 Å². The summed E-state index contributed by atoms with van der Waals surface area (Å²) in [5.41, 5.74) is 2.46. The number of nitriles is 1. The lowest BCUT2D eigenvalue weighted by atomic mass is 10.1. The Hall–Kier alpha value is -1.96. The fraction of sp³-hybridized carbons (Fsp3) is 0.154. The molecule has 90 valence electrons. The number of hydrogen-bond acceptors (Lipinski definition) is 4. The molecule has 0 radical (unpaired) electrons. The second-order valence-electron chi connectivity index (χ2n) is 3.72. The minimum absolute atomic E-state index is 0.569. The van der Waals surface area contributed by atoms with E-state index in [1.165, 1.54) is 6.33 Å². The zero-order chi connectivity index (χ0) is 12.8. The van der Waals surface area contributed by atoms with E-state index in [2.05, 4.69) is 21.4 Å². The number of nitrogens with one attached hydrogen (secondary N) is 1. The molecule has 1 N–H and O–H groups in total. The van der Waals surface area contributed by atoms with Crippen molar-refractivity contribution < 1.29 is 0 Å². The molecule has 1 aromatic carbocycles. The number of halogens is 1. The van der Waals surface area contributed by atoms with Gasteiger partial charge in [0.05, 0.1) is 17.3 Å². The molecule has 1 heterocycles. The zero-order valence-electron chi connectivity index (χ0n) is 9.60. The van der Waals surface area contributed by atoms with Gasteiger partial charge in [-0.2, -0.15) is 5.26 Å². The van der Waals surface area contributed by atoms with Crippen LogP contribution in [0.25, 0.3) is 0 Å². The first kappa shape index (κ1) is 12.5. The van der Waals surface area contributed by atoms with Crippen molar-refractivity contribution in [2.24, 2.45) is 0 Å². The van der Waals surface area contributed by atoms with Crippen molar-refractivity contribution in [3.8, 4) is 6.07 Å². The van der Waals surface area contributed by atoms with Gasteiger partial charge >= 0.3 is 0 Å². The Morgan fingerprint density at radius 1 is 1.28 bits per heavy atom. The molecule has 2 aromatic rings. The summed E-state index contributed by atoms with van der Waals surface area (Å²) in [5, 5.41) is 12.6. The minimum atomic E-state index is 0.569. The highest BCUT2D eigenvalue weighted by Crippen LogP contribution is 2.17. The molecule has 1 aromatic heterocycles. The molecule has 0 amide bonds. The van der Waals surface area contributed by atoms with E-state index < -0.39 is 0 Å². The van der Waals surface area contributed by atoms with Crippen LogP contribution in [0, 0.1) is 11.3 Å². The van der Waals surface area contributed by atoms with Crippen LogP contribution >= 0.6 is 11.6 Å². The van der Waals surface area contributed by atoms with Gasteiger partial charge in [0.1, 0.15) is 6.33 Å². The van der Waals surface area contributed by atoms with Crippen molar-refractivity contribution in [3.63, 3.8) is 0 Å². The second kappa shape index (κ2) is 6.10. The first-order valence-corrected chi connectivity index (χ1v) is 5.81. The van der Waals surface area contributed by atoms with Crippen LogP contribution in [-0.2, 0) is 13.1 Å². The molecule has 0 atom stereocenters. The molecule has 0 aliphatic heterocycles. The monoisotopic (exact) mass is 258 g/mol. The van der Waals surface area contributed by atoms with Gasteiger partial charge in [0.2, 0.25) is 0 Å². The normalized spacial score (nSPS) is 10.0. The number of benzene rings is 1. The SMILES string of the molecule is N#Cc1ccc(CNCc2ccncn2)c(Cl)c1. The molecular formula is C13H11ClN4. The number of nitrogens with zero attached hydrogens (tertiary/aromatic N) is 3. The van der Waals surface area contributed by atoms with Crippen LogP contribution < -0.4 is 5.32 Å². The van der Waals surface area contributed by atoms with Gasteiger partial charge in [-0.1, -0.05) is 17.7 Å². The van der Waals surface area contributed by atoms with E-state index in [0.717, 1.165) is 11.3 Å². The number of rotatable bonds is 4. The van der Waals surface area contributed by atoms with Crippen molar-refractivity contribution in [1.82, 2.24) is 15.3 Å². The molecule has 4 nitrogen and oxygen atoms in total. The van der Waals surface area contributed by atoms with Crippen molar-refractivity contribution in [1.29, 1.82) is 5.26 Å². The quantitative estimate of drug-likeness (QED) is 0.914. The van der Waals surface area contributed by atoms with Gasteiger partial charge in [-0.15, -0.1) is 0 Å². The maximum atomic E-state index is 8.74. The largest absolute Gasteiger partial charge is 0.307 e. The summed E-state index contributed by atoms with van der Waals surface area (Å²) in [6.07, 6.45) is 3.23. The molecule has 0 spiro atoms. The van der Waals surface area contributed by atoms with Gasteiger partial charge in [-0.3, -0.25) is 0 Å². The van der Waals surface area contributed by atoms with Gasteiger partial charge in [-0.25, -0.2) is 9.97 Å². The fourth-order valence-corrected chi connectivity index (χ4v) is 1.76. The van der Waals surface area contributed by atoms with Crippen LogP contribution in [0.2, 0.25) is 5.02 Å². The van der Waals surface area contributed by atoms with Gasteiger partial charge in [-0.05, 0) is 23.8 Å². The van der Waals surface area contributed by atoms with E-state index in [4.69, 9.17) is 16.9 Å². The third-order valence-corrected chi connectivity index (χ3v) is 2.80. The highest BCUT2D eigenvalue weighted by molar-refractivity contribution is 6.31. The van der Waals surface area contributed by atoms with E-state index in [1.54, 1.807) is 18.3 Å². The molecular weight excluding hydrogens is 248 g/mol. The average Bonchev–Trinajstić information content (AvgIpc) is 2.42. The molecule has 18 heavy (non-hydrogen) atoms. The van der Waals surface area contributed by atoms with Gasteiger partial charge in [0.25, 0.3) is 0 Å². The molecule has 0 saturated carbocycles. The van der Waals surface area contributed by atoms with Crippen LogP contribution in [0.3, 0.4) is 0 Å². The summed E-state index contributed by atoms with van der Waals surface area (Å²) < 4.78 is 0.